The first-order valence-corrected chi connectivity index (χ1v) is 9.14. The molecule has 1 aromatic carbocycles. The molecule has 0 amide bonds. The number of nitriles is 2. The molecule has 0 spiro atoms. The number of pyridine rings is 1. The van der Waals surface area contributed by atoms with E-state index in [9.17, 15) is 14.4 Å². The van der Waals surface area contributed by atoms with E-state index in [1.807, 2.05) is 12.1 Å². The number of hydrogen-bond acceptors (Lipinski definition) is 6. The predicted molar refractivity (Wildman–Crippen MR) is 92.9 cm³/mol. The molecule has 1 fully saturated rings. The van der Waals surface area contributed by atoms with Crippen molar-refractivity contribution in [1.29, 1.82) is 10.5 Å². The molecule has 5 nitrogen and oxygen atoms in total. The normalized spacial score (nSPS) is 12.9. The van der Waals surface area contributed by atoms with Gasteiger partial charge < -0.3 is 4.74 Å². The lowest BCUT2D eigenvalue weighted by Crippen LogP contribution is -2.11. The zero-order valence-electron chi connectivity index (χ0n) is 14.0. The molecule has 0 saturated heterocycles. The van der Waals surface area contributed by atoms with Crippen LogP contribution in [0.1, 0.15) is 51.5 Å². The van der Waals surface area contributed by atoms with Crippen molar-refractivity contribution in [3.63, 3.8) is 0 Å². The lowest BCUT2D eigenvalue weighted by atomic mass is 10.1. The molecule has 0 unspecified atom stereocenters. The maximum Gasteiger partial charge on any atom is 0.339 e. The fourth-order valence-corrected chi connectivity index (χ4v) is 3.08. The van der Waals surface area contributed by atoms with Gasteiger partial charge in [-0.3, -0.25) is 0 Å². The summed E-state index contributed by atoms with van der Waals surface area (Å²) in [5.74, 6) is -0.955. The van der Waals surface area contributed by atoms with Gasteiger partial charge in [-0.2, -0.15) is 10.5 Å². The van der Waals surface area contributed by atoms with E-state index in [1.54, 1.807) is 12.3 Å². The molecule has 1 heterocycles. The van der Waals surface area contributed by atoms with Gasteiger partial charge in [-0.25, -0.2) is 14.2 Å². The van der Waals surface area contributed by atoms with E-state index in [0.29, 0.717) is 10.9 Å². The number of benzene rings is 1. The minimum absolute atomic E-state index is 0.109. The van der Waals surface area contributed by atoms with Gasteiger partial charge in [-0.05, 0) is 43.4 Å². The number of thioether (sulfide) groups is 1. The van der Waals surface area contributed by atoms with Gasteiger partial charge in [0.05, 0.1) is 22.8 Å². The Hall–Kier alpha value is -2.90. The molecular formula is C19H14FN3O2S. The average Bonchev–Trinajstić information content (AvgIpc) is 3.51. The van der Waals surface area contributed by atoms with Crippen LogP contribution in [0.2, 0.25) is 0 Å². The molecule has 1 aliphatic rings. The van der Waals surface area contributed by atoms with E-state index < -0.39 is 11.8 Å². The molecule has 130 valence electrons. The summed E-state index contributed by atoms with van der Waals surface area (Å²) in [5.41, 5.74) is 1.47. The van der Waals surface area contributed by atoms with Crippen LogP contribution in [0.4, 0.5) is 4.39 Å². The van der Waals surface area contributed by atoms with Crippen LogP contribution in [0, 0.1) is 28.5 Å². The van der Waals surface area contributed by atoms with Crippen molar-refractivity contribution in [2.24, 2.45) is 0 Å². The first kappa shape index (κ1) is 17.9. The number of hydrogen-bond donors (Lipinski definition) is 0. The summed E-state index contributed by atoms with van der Waals surface area (Å²) >= 11 is 1.30. The number of nitrogens with zero attached hydrogens (tertiary/aromatic N) is 3. The van der Waals surface area contributed by atoms with Crippen molar-refractivity contribution >= 4 is 17.7 Å². The van der Waals surface area contributed by atoms with E-state index in [4.69, 9.17) is 10.00 Å². The number of rotatable bonds is 5. The van der Waals surface area contributed by atoms with Crippen molar-refractivity contribution in [3.05, 3.63) is 58.0 Å². The highest BCUT2D eigenvalue weighted by molar-refractivity contribution is 7.98. The van der Waals surface area contributed by atoms with Gasteiger partial charge in [0.25, 0.3) is 0 Å². The smallest absolute Gasteiger partial charge is 0.339 e. The van der Waals surface area contributed by atoms with Crippen LogP contribution in [-0.2, 0) is 11.3 Å². The van der Waals surface area contributed by atoms with Gasteiger partial charge in [-0.15, -0.1) is 11.8 Å². The van der Waals surface area contributed by atoms with E-state index >= 15 is 0 Å². The summed E-state index contributed by atoms with van der Waals surface area (Å²) in [6.45, 7) is -0.319. The Kier molecular flexibility index (Phi) is 5.20. The Bertz CT molecular complexity index is 958. The van der Waals surface area contributed by atoms with Crippen LogP contribution in [0.3, 0.4) is 0 Å². The highest BCUT2D eigenvalue weighted by Crippen LogP contribution is 2.40. The molecule has 0 aliphatic heterocycles. The Balaban J connectivity index is 1.87. The van der Waals surface area contributed by atoms with Crippen molar-refractivity contribution in [1.82, 2.24) is 4.98 Å². The topological polar surface area (TPSA) is 86.8 Å². The Morgan fingerprint density at radius 1 is 1.35 bits per heavy atom. The van der Waals surface area contributed by atoms with Crippen LogP contribution >= 0.6 is 11.8 Å². The first-order valence-electron chi connectivity index (χ1n) is 7.92. The summed E-state index contributed by atoms with van der Waals surface area (Å²) in [6.07, 6.45) is 3.80. The van der Waals surface area contributed by atoms with Gasteiger partial charge in [0.2, 0.25) is 0 Å². The summed E-state index contributed by atoms with van der Waals surface area (Å²) < 4.78 is 19.0. The highest BCUT2D eigenvalue weighted by Gasteiger charge is 2.29. The maximum atomic E-state index is 13.8. The maximum absolute atomic E-state index is 13.8. The third-order valence-corrected chi connectivity index (χ3v) is 4.74. The Morgan fingerprint density at radius 2 is 2.12 bits per heavy atom. The van der Waals surface area contributed by atoms with Crippen LogP contribution in [0.5, 0.6) is 0 Å². The molecule has 0 radical (unpaired) electrons. The van der Waals surface area contributed by atoms with E-state index in [2.05, 4.69) is 4.98 Å². The third-order valence-electron chi connectivity index (χ3n) is 4.06. The molecule has 2 aromatic rings. The lowest BCUT2D eigenvalue weighted by Gasteiger charge is -2.11. The molecule has 1 aliphatic carbocycles. The van der Waals surface area contributed by atoms with E-state index in [1.165, 1.54) is 23.9 Å². The van der Waals surface area contributed by atoms with Crippen LogP contribution in [0.15, 0.2) is 29.3 Å². The number of carbonyl (C=O) groups is 1. The van der Waals surface area contributed by atoms with E-state index in [0.717, 1.165) is 24.6 Å². The quantitative estimate of drug-likeness (QED) is 0.588. The standard InChI is InChI=1S/C19H14FN3O2S/c1-26-18-15(9-22)14(7-17(23-18)12-3-4-12)19(24)25-10-13-6-11(8-21)2-5-16(13)20/h2,5-7,12H,3-4,10H2,1H3. The van der Waals surface area contributed by atoms with Gasteiger partial charge in [0.15, 0.2) is 0 Å². The van der Waals surface area contributed by atoms with Crippen LogP contribution in [0.25, 0.3) is 0 Å². The number of aromatic nitrogens is 1. The summed E-state index contributed by atoms with van der Waals surface area (Å²) in [5, 5.41) is 18.8. The SMILES string of the molecule is CSc1nc(C2CC2)cc(C(=O)OCc2cc(C#N)ccc2F)c1C#N. The second-order valence-electron chi connectivity index (χ2n) is 5.86. The van der Waals surface area contributed by atoms with Crippen LogP contribution in [-0.4, -0.2) is 17.2 Å². The lowest BCUT2D eigenvalue weighted by molar-refractivity contribution is 0.0468. The van der Waals surface area contributed by atoms with E-state index in [-0.39, 0.29) is 28.9 Å². The largest absolute Gasteiger partial charge is 0.457 e. The zero-order valence-corrected chi connectivity index (χ0v) is 14.8. The molecule has 1 aromatic heterocycles. The van der Waals surface area contributed by atoms with Gasteiger partial charge in [-0.1, -0.05) is 0 Å². The molecule has 0 N–H and O–H groups in total. The molecule has 0 atom stereocenters. The number of halogens is 1. The number of esters is 1. The number of ether oxygens (including phenoxy) is 1. The van der Waals surface area contributed by atoms with Crippen molar-refractivity contribution in [2.45, 2.75) is 30.4 Å². The second kappa shape index (κ2) is 7.55. The Labute approximate surface area is 154 Å². The summed E-state index contributed by atoms with van der Waals surface area (Å²) in [7, 11) is 0. The fraction of sp³-hybridized carbons (Fsp3) is 0.263. The van der Waals surface area contributed by atoms with Crippen molar-refractivity contribution in [3.8, 4) is 12.1 Å². The first-order chi connectivity index (χ1) is 12.6. The molecule has 1 saturated carbocycles. The average molecular weight is 367 g/mol. The van der Waals surface area contributed by atoms with Crippen molar-refractivity contribution in [2.75, 3.05) is 6.26 Å². The molecule has 7 heteroatoms. The minimum atomic E-state index is -0.706. The number of carbonyl (C=O) groups excluding carboxylic acids is 1. The monoisotopic (exact) mass is 367 g/mol. The molecule has 3 rings (SSSR count). The third kappa shape index (κ3) is 3.68. The summed E-state index contributed by atoms with van der Waals surface area (Å²) in [4.78, 5) is 17.0. The highest BCUT2D eigenvalue weighted by atomic mass is 32.2. The van der Waals surface area contributed by atoms with Crippen molar-refractivity contribution < 1.29 is 13.9 Å². The molecule has 26 heavy (non-hydrogen) atoms. The van der Waals surface area contributed by atoms with Gasteiger partial charge in [0, 0.05) is 17.2 Å². The minimum Gasteiger partial charge on any atom is -0.457 e. The predicted octanol–water partition coefficient (Wildman–Crippen LogP) is 3.92. The zero-order chi connectivity index (χ0) is 18.7. The van der Waals surface area contributed by atoms with Gasteiger partial charge >= 0.3 is 5.97 Å². The Morgan fingerprint density at radius 3 is 2.73 bits per heavy atom. The summed E-state index contributed by atoms with van der Waals surface area (Å²) in [6, 6.07) is 9.37. The van der Waals surface area contributed by atoms with Crippen LogP contribution < -0.4 is 0 Å². The molecular weight excluding hydrogens is 353 g/mol. The second-order valence-corrected chi connectivity index (χ2v) is 6.65. The molecule has 0 bridgehead atoms. The fourth-order valence-electron chi connectivity index (χ4n) is 2.52. The van der Waals surface area contributed by atoms with Gasteiger partial charge in [0.1, 0.15) is 23.5 Å².